The van der Waals surface area contributed by atoms with Gasteiger partial charge in [-0.2, -0.15) is 0 Å². The molecular weight excluding hydrogens is 412 g/mol. The smallest absolute Gasteiger partial charge is 0.240 e. The summed E-state index contributed by atoms with van der Waals surface area (Å²) >= 11 is 5.79. The normalized spacial score (nSPS) is 14.0. The lowest BCUT2D eigenvalue weighted by atomic mass is 10.2. The first-order chi connectivity index (χ1) is 13.3. The SMILES string of the molecule is COCCn1c(COC)nnc1NS(=O)(=O)[C@@H](C)[C@H](OC)c1ncc(Cl)cn1. The van der Waals surface area contributed by atoms with Crippen molar-refractivity contribution in [3.05, 3.63) is 29.1 Å². The average Bonchev–Trinajstić information content (AvgIpc) is 3.03. The molecule has 0 bridgehead atoms. The Hall–Kier alpha value is -1.86. The van der Waals surface area contributed by atoms with Crippen LogP contribution in [-0.2, 0) is 37.4 Å². The summed E-state index contributed by atoms with van der Waals surface area (Å²) < 4.78 is 45.3. The van der Waals surface area contributed by atoms with Crippen molar-refractivity contribution in [3.8, 4) is 0 Å². The van der Waals surface area contributed by atoms with Crippen LogP contribution in [0.1, 0.15) is 24.7 Å². The molecule has 2 aromatic heterocycles. The van der Waals surface area contributed by atoms with Gasteiger partial charge in [-0.05, 0) is 6.92 Å². The average molecular weight is 435 g/mol. The third-order valence-corrected chi connectivity index (χ3v) is 5.81. The fourth-order valence-electron chi connectivity index (χ4n) is 2.42. The van der Waals surface area contributed by atoms with Crippen LogP contribution in [0.15, 0.2) is 12.4 Å². The van der Waals surface area contributed by atoms with Crippen molar-refractivity contribution in [2.45, 2.75) is 31.4 Å². The topological polar surface area (TPSA) is 130 Å². The van der Waals surface area contributed by atoms with Gasteiger partial charge in [-0.1, -0.05) is 11.6 Å². The van der Waals surface area contributed by atoms with Gasteiger partial charge >= 0.3 is 0 Å². The molecule has 13 heteroatoms. The number of aromatic nitrogens is 5. The van der Waals surface area contributed by atoms with Crippen LogP contribution in [-0.4, -0.2) is 66.3 Å². The summed E-state index contributed by atoms with van der Waals surface area (Å²) in [7, 11) is 0.510. The van der Waals surface area contributed by atoms with Gasteiger partial charge < -0.3 is 14.2 Å². The molecule has 2 atom stereocenters. The van der Waals surface area contributed by atoms with E-state index >= 15 is 0 Å². The zero-order valence-electron chi connectivity index (χ0n) is 16.0. The molecule has 1 N–H and O–H groups in total. The zero-order valence-corrected chi connectivity index (χ0v) is 17.6. The quantitative estimate of drug-likeness (QED) is 0.550. The molecule has 0 aliphatic heterocycles. The first-order valence-corrected chi connectivity index (χ1v) is 10.2. The Bertz CT molecular complexity index is 860. The van der Waals surface area contributed by atoms with Gasteiger partial charge in [0.1, 0.15) is 18.0 Å². The second-order valence-electron chi connectivity index (χ2n) is 5.79. The standard InChI is InChI=1S/C15H23ClN6O5S/c1-10(13(27-4)14-17-7-11(16)8-18-14)28(23,24)21-15-20-19-12(9-26-3)22(15)5-6-25-2/h7-8,10,13H,5-6,9H2,1-4H3,(H,20,21)/t10-,13-/m0/s1. The molecule has 0 amide bonds. The summed E-state index contributed by atoms with van der Waals surface area (Å²) in [4.78, 5) is 8.10. The van der Waals surface area contributed by atoms with Crippen molar-refractivity contribution < 1.29 is 22.6 Å². The summed E-state index contributed by atoms with van der Waals surface area (Å²) in [5.74, 6) is 0.725. The molecule has 0 aromatic carbocycles. The fraction of sp³-hybridized carbons (Fsp3) is 0.600. The molecule has 0 saturated carbocycles. The van der Waals surface area contributed by atoms with Crippen molar-refractivity contribution in [2.24, 2.45) is 0 Å². The Balaban J connectivity index is 2.27. The first kappa shape index (κ1) is 22.4. The van der Waals surface area contributed by atoms with Gasteiger partial charge in [0.05, 0.1) is 18.2 Å². The number of hydrogen-bond donors (Lipinski definition) is 1. The molecule has 2 rings (SSSR count). The minimum absolute atomic E-state index is 0.0582. The number of sulfonamides is 1. The lowest BCUT2D eigenvalue weighted by Crippen LogP contribution is -2.33. The van der Waals surface area contributed by atoms with Crippen LogP contribution < -0.4 is 4.72 Å². The number of rotatable bonds is 11. The van der Waals surface area contributed by atoms with E-state index in [0.29, 0.717) is 24.0 Å². The van der Waals surface area contributed by atoms with Gasteiger partial charge in [0, 0.05) is 33.7 Å². The molecule has 0 radical (unpaired) electrons. The van der Waals surface area contributed by atoms with E-state index in [9.17, 15) is 8.42 Å². The highest BCUT2D eigenvalue weighted by Gasteiger charge is 2.34. The van der Waals surface area contributed by atoms with E-state index in [1.54, 1.807) is 11.7 Å². The third kappa shape index (κ3) is 5.35. The summed E-state index contributed by atoms with van der Waals surface area (Å²) in [6, 6.07) is 0. The second kappa shape index (κ2) is 10.1. The minimum atomic E-state index is -3.93. The molecule has 11 nitrogen and oxygen atoms in total. The molecular formula is C15H23ClN6O5S. The lowest BCUT2D eigenvalue weighted by Gasteiger charge is -2.22. The van der Waals surface area contributed by atoms with Crippen LogP contribution in [0.3, 0.4) is 0 Å². The number of anilines is 1. The number of ether oxygens (including phenoxy) is 3. The Morgan fingerprint density at radius 2 is 1.86 bits per heavy atom. The summed E-state index contributed by atoms with van der Waals surface area (Å²) in [6.07, 6.45) is 1.84. The van der Waals surface area contributed by atoms with Crippen LogP contribution in [0, 0.1) is 0 Å². The molecule has 0 aliphatic rings. The molecule has 156 valence electrons. The fourth-order valence-corrected chi connectivity index (χ4v) is 3.67. The van der Waals surface area contributed by atoms with Gasteiger partial charge in [0.25, 0.3) is 0 Å². The van der Waals surface area contributed by atoms with Crippen molar-refractivity contribution in [3.63, 3.8) is 0 Å². The van der Waals surface area contributed by atoms with Gasteiger partial charge in [-0.25, -0.2) is 18.4 Å². The lowest BCUT2D eigenvalue weighted by molar-refractivity contribution is 0.0950. The van der Waals surface area contributed by atoms with Crippen LogP contribution in [0.25, 0.3) is 0 Å². The maximum Gasteiger partial charge on any atom is 0.240 e. The Kier molecular flexibility index (Phi) is 8.07. The summed E-state index contributed by atoms with van der Waals surface area (Å²) in [5.41, 5.74) is 0. The Morgan fingerprint density at radius 1 is 1.18 bits per heavy atom. The largest absolute Gasteiger partial charge is 0.383 e. The number of nitrogens with one attached hydrogen (secondary N) is 1. The van der Waals surface area contributed by atoms with Crippen LogP contribution >= 0.6 is 11.6 Å². The van der Waals surface area contributed by atoms with Gasteiger partial charge in [0.15, 0.2) is 11.6 Å². The minimum Gasteiger partial charge on any atom is -0.383 e. The van der Waals surface area contributed by atoms with Crippen molar-refractivity contribution in [2.75, 3.05) is 32.7 Å². The van der Waals surface area contributed by atoms with Crippen molar-refractivity contribution >= 4 is 27.6 Å². The molecule has 0 saturated heterocycles. The zero-order chi connectivity index (χ0) is 20.7. The summed E-state index contributed by atoms with van der Waals surface area (Å²) in [5, 5.41) is 7.20. The van der Waals surface area contributed by atoms with Crippen LogP contribution in [0.5, 0.6) is 0 Å². The van der Waals surface area contributed by atoms with E-state index in [2.05, 4.69) is 24.9 Å². The number of hydrogen-bond acceptors (Lipinski definition) is 9. The van der Waals surface area contributed by atoms with Gasteiger partial charge in [0.2, 0.25) is 16.0 Å². The van der Waals surface area contributed by atoms with E-state index in [-0.39, 0.29) is 18.4 Å². The molecule has 0 spiro atoms. The van der Waals surface area contributed by atoms with Crippen molar-refractivity contribution in [1.82, 2.24) is 24.7 Å². The van der Waals surface area contributed by atoms with Crippen molar-refractivity contribution in [1.29, 1.82) is 0 Å². The molecule has 0 unspecified atom stereocenters. The number of methoxy groups -OCH3 is 3. The summed E-state index contributed by atoms with van der Waals surface area (Å²) in [6.45, 7) is 2.36. The van der Waals surface area contributed by atoms with Gasteiger partial charge in [-0.3, -0.25) is 9.29 Å². The van der Waals surface area contributed by atoms with E-state index in [1.807, 2.05) is 0 Å². The molecule has 0 aliphatic carbocycles. The van der Waals surface area contributed by atoms with Crippen LogP contribution in [0.4, 0.5) is 5.95 Å². The van der Waals surface area contributed by atoms with Crippen LogP contribution in [0.2, 0.25) is 5.02 Å². The Labute approximate surface area is 168 Å². The molecule has 2 heterocycles. The van der Waals surface area contributed by atoms with E-state index in [1.165, 1.54) is 33.5 Å². The highest BCUT2D eigenvalue weighted by molar-refractivity contribution is 7.93. The second-order valence-corrected chi connectivity index (χ2v) is 8.26. The van der Waals surface area contributed by atoms with Gasteiger partial charge in [-0.15, -0.1) is 10.2 Å². The van der Waals surface area contributed by atoms with E-state index < -0.39 is 21.4 Å². The molecule has 0 fully saturated rings. The monoisotopic (exact) mass is 434 g/mol. The van der Waals surface area contributed by atoms with E-state index in [4.69, 9.17) is 25.8 Å². The molecule has 2 aromatic rings. The third-order valence-electron chi connectivity index (χ3n) is 3.92. The highest BCUT2D eigenvalue weighted by atomic mass is 35.5. The first-order valence-electron chi connectivity index (χ1n) is 8.25. The number of halogens is 1. The predicted molar refractivity (Wildman–Crippen MR) is 101 cm³/mol. The maximum atomic E-state index is 12.9. The van der Waals surface area contributed by atoms with E-state index in [0.717, 1.165) is 0 Å². The maximum absolute atomic E-state index is 12.9. The highest BCUT2D eigenvalue weighted by Crippen LogP contribution is 2.24. The Morgan fingerprint density at radius 3 is 2.43 bits per heavy atom. The number of nitrogens with zero attached hydrogens (tertiary/aromatic N) is 5. The molecule has 28 heavy (non-hydrogen) atoms. The predicted octanol–water partition coefficient (Wildman–Crippen LogP) is 1.03.